The van der Waals surface area contributed by atoms with Gasteiger partial charge in [0.25, 0.3) is 0 Å². The molecule has 0 saturated heterocycles. The first-order valence-corrected chi connectivity index (χ1v) is 11.6. The Morgan fingerprint density at radius 1 is 0.576 bits per heavy atom. The molecule has 2 heterocycles. The van der Waals surface area contributed by atoms with Crippen LogP contribution < -0.4 is 0 Å². The highest BCUT2D eigenvalue weighted by atomic mass is 32.1. The van der Waals surface area contributed by atoms with Gasteiger partial charge in [0.15, 0.2) is 5.69 Å². The molecule has 0 bridgehead atoms. The Morgan fingerprint density at radius 2 is 1.21 bits per heavy atom. The first-order valence-electron chi connectivity index (χ1n) is 10.8. The molecule has 0 aliphatic carbocycles. The predicted molar refractivity (Wildman–Crippen MR) is 140 cm³/mol. The van der Waals surface area contributed by atoms with Crippen molar-refractivity contribution >= 4 is 37.2 Å². The Balaban J connectivity index is 1.49. The summed E-state index contributed by atoms with van der Waals surface area (Å²) in [5.41, 5.74) is 7.43. The van der Waals surface area contributed by atoms with Gasteiger partial charge in [-0.25, -0.2) is 4.85 Å². The Kier molecular flexibility index (Phi) is 4.72. The first kappa shape index (κ1) is 19.4. The van der Waals surface area contributed by atoms with Gasteiger partial charge in [0, 0.05) is 43.1 Å². The molecule has 2 aromatic heterocycles. The molecule has 6 aromatic rings. The molecule has 6 rings (SSSR count). The molecule has 0 radical (unpaired) electrons. The Bertz CT molecular complexity index is 1640. The van der Waals surface area contributed by atoms with E-state index in [0.29, 0.717) is 5.69 Å². The zero-order valence-electron chi connectivity index (χ0n) is 17.7. The largest absolute Gasteiger partial charge is 0.256 e. The van der Waals surface area contributed by atoms with Crippen molar-refractivity contribution in [2.45, 2.75) is 0 Å². The van der Waals surface area contributed by atoms with E-state index >= 15 is 0 Å². The summed E-state index contributed by atoms with van der Waals surface area (Å²) in [5, 5.41) is 2.52. The summed E-state index contributed by atoms with van der Waals surface area (Å²) in [6.07, 6.45) is 1.98. The minimum Gasteiger partial charge on any atom is -0.256 e. The van der Waals surface area contributed by atoms with E-state index in [4.69, 9.17) is 11.6 Å². The molecule has 3 heteroatoms. The van der Waals surface area contributed by atoms with Crippen LogP contribution in [0.3, 0.4) is 0 Å². The highest BCUT2D eigenvalue weighted by Gasteiger charge is 2.14. The topological polar surface area (TPSA) is 17.2 Å². The second-order valence-corrected chi connectivity index (χ2v) is 8.94. The smallest absolute Gasteiger partial charge is 0.187 e. The third kappa shape index (κ3) is 3.38. The highest BCUT2D eigenvalue weighted by molar-refractivity contribution is 7.26. The molecule has 33 heavy (non-hydrogen) atoms. The molecule has 0 fully saturated rings. The lowest BCUT2D eigenvalue weighted by Gasteiger charge is -2.05. The van der Waals surface area contributed by atoms with E-state index in [1.165, 1.54) is 31.3 Å². The molecule has 0 spiro atoms. The summed E-state index contributed by atoms with van der Waals surface area (Å²) in [4.78, 5) is 8.27. The van der Waals surface area contributed by atoms with Crippen molar-refractivity contribution in [2.75, 3.05) is 0 Å². The third-order valence-electron chi connectivity index (χ3n) is 5.98. The molecule has 0 aliphatic heterocycles. The van der Waals surface area contributed by atoms with E-state index in [1.54, 1.807) is 0 Å². The van der Waals surface area contributed by atoms with Crippen molar-refractivity contribution in [3.8, 4) is 33.5 Å². The van der Waals surface area contributed by atoms with E-state index in [0.717, 1.165) is 22.4 Å². The van der Waals surface area contributed by atoms with Gasteiger partial charge in [-0.05, 0) is 17.2 Å². The van der Waals surface area contributed by atoms with Crippen LogP contribution in [0, 0.1) is 6.57 Å². The molecule has 0 amide bonds. The Hall–Kier alpha value is -4.26. The van der Waals surface area contributed by atoms with Gasteiger partial charge >= 0.3 is 0 Å². The fourth-order valence-corrected chi connectivity index (χ4v) is 5.69. The maximum absolute atomic E-state index is 7.21. The van der Waals surface area contributed by atoms with Gasteiger partial charge < -0.3 is 0 Å². The fourth-order valence-electron chi connectivity index (χ4n) is 4.32. The standard InChI is InChI=1S/C30H18N2S/c1-31-23-16-13-20(14-17-23)24-9-5-11-26-27-12-6-10-25(30(27)33-29(24)26)22-15-18-28(32-19-22)21-7-3-2-4-8-21/h2-19H. The number of hydrogen-bond donors (Lipinski definition) is 0. The van der Waals surface area contributed by atoms with E-state index in [1.807, 2.05) is 60.0 Å². The first-order chi connectivity index (χ1) is 16.3. The lowest BCUT2D eigenvalue weighted by Crippen LogP contribution is -1.85. The van der Waals surface area contributed by atoms with Crippen LogP contribution >= 0.6 is 11.3 Å². The molecule has 2 nitrogen and oxygen atoms in total. The Labute approximate surface area is 196 Å². The average Bonchev–Trinajstić information content (AvgIpc) is 3.28. The van der Waals surface area contributed by atoms with Gasteiger partial charge in [0.1, 0.15) is 0 Å². The zero-order chi connectivity index (χ0) is 22.2. The molecule has 0 aliphatic rings. The van der Waals surface area contributed by atoms with Crippen LogP contribution in [0.15, 0.2) is 109 Å². The summed E-state index contributed by atoms with van der Waals surface area (Å²) in [5.74, 6) is 0. The summed E-state index contributed by atoms with van der Waals surface area (Å²) >= 11 is 1.83. The van der Waals surface area contributed by atoms with E-state index < -0.39 is 0 Å². The van der Waals surface area contributed by atoms with Crippen LogP contribution in [-0.4, -0.2) is 4.98 Å². The van der Waals surface area contributed by atoms with Crippen molar-refractivity contribution < 1.29 is 0 Å². The lowest BCUT2D eigenvalue weighted by molar-refractivity contribution is 1.33. The molecular formula is C30H18N2S. The minimum atomic E-state index is 0.663. The Morgan fingerprint density at radius 3 is 1.82 bits per heavy atom. The second kappa shape index (κ2) is 8.02. The van der Waals surface area contributed by atoms with Gasteiger partial charge in [-0.2, -0.15) is 0 Å². The monoisotopic (exact) mass is 438 g/mol. The van der Waals surface area contributed by atoms with Gasteiger partial charge in [-0.1, -0.05) is 97.1 Å². The van der Waals surface area contributed by atoms with Crippen LogP contribution in [0.4, 0.5) is 5.69 Å². The average molecular weight is 439 g/mol. The van der Waals surface area contributed by atoms with Gasteiger partial charge in [-0.3, -0.25) is 4.98 Å². The predicted octanol–water partition coefficient (Wildman–Crippen LogP) is 9.00. The maximum atomic E-state index is 7.21. The molecule has 4 aromatic carbocycles. The SMILES string of the molecule is [C-]#[N+]c1ccc(-c2cccc3c2sc2c(-c4ccc(-c5ccccc5)nc4)cccc23)cc1. The second-order valence-electron chi connectivity index (χ2n) is 7.92. The summed E-state index contributed by atoms with van der Waals surface area (Å²) in [7, 11) is 0. The van der Waals surface area contributed by atoms with Crippen molar-refractivity contribution in [1.29, 1.82) is 0 Å². The summed E-state index contributed by atoms with van der Waals surface area (Å²) < 4.78 is 2.54. The normalized spacial score (nSPS) is 11.0. The van der Waals surface area contributed by atoms with Gasteiger partial charge in [0.05, 0.1) is 12.3 Å². The molecule has 0 saturated carbocycles. The van der Waals surface area contributed by atoms with E-state index in [2.05, 4.69) is 65.5 Å². The molecule has 0 unspecified atom stereocenters. The summed E-state index contributed by atoms with van der Waals surface area (Å²) in [6.45, 7) is 7.21. The van der Waals surface area contributed by atoms with Crippen LogP contribution in [0.5, 0.6) is 0 Å². The molecular weight excluding hydrogens is 420 g/mol. The van der Waals surface area contributed by atoms with Crippen molar-refractivity contribution in [3.63, 3.8) is 0 Å². The number of rotatable bonds is 3. The summed E-state index contributed by atoms with van der Waals surface area (Å²) in [6, 6.07) is 35.4. The van der Waals surface area contributed by atoms with Crippen LogP contribution in [0.25, 0.3) is 58.5 Å². The lowest BCUT2D eigenvalue weighted by atomic mass is 10.0. The van der Waals surface area contributed by atoms with Gasteiger partial charge in [-0.15, -0.1) is 11.3 Å². The minimum absolute atomic E-state index is 0.663. The van der Waals surface area contributed by atoms with Crippen LogP contribution in [-0.2, 0) is 0 Å². The number of pyridine rings is 1. The molecule has 0 N–H and O–H groups in total. The highest BCUT2D eigenvalue weighted by Crippen LogP contribution is 2.43. The number of nitrogens with zero attached hydrogens (tertiary/aromatic N) is 2. The quantitative estimate of drug-likeness (QED) is 0.252. The van der Waals surface area contributed by atoms with Crippen molar-refractivity contribution in [1.82, 2.24) is 4.98 Å². The van der Waals surface area contributed by atoms with Gasteiger partial charge in [0.2, 0.25) is 0 Å². The number of fused-ring (bicyclic) bond motifs is 3. The zero-order valence-corrected chi connectivity index (χ0v) is 18.5. The molecule has 154 valence electrons. The van der Waals surface area contributed by atoms with E-state index in [9.17, 15) is 0 Å². The van der Waals surface area contributed by atoms with Crippen molar-refractivity contribution in [2.24, 2.45) is 0 Å². The van der Waals surface area contributed by atoms with E-state index in [-0.39, 0.29) is 0 Å². The fraction of sp³-hybridized carbons (Fsp3) is 0. The molecule has 0 atom stereocenters. The third-order valence-corrected chi connectivity index (χ3v) is 7.26. The van der Waals surface area contributed by atoms with Crippen LogP contribution in [0.1, 0.15) is 0 Å². The van der Waals surface area contributed by atoms with Crippen molar-refractivity contribution in [3.05, 3.63) is 121 Å². The number of hydrogen-bond acceptors (Lipinski definition) is 2. The van der Waals surface area contributed by atoms with Crippen LogP contribution in [0.2, 0.25) is 0 Å². The maximum Gasteiger partial charge on any atom is 0.187 e. The number of benzene rings is 4. The number of aromatic nitrogens is 1. The number of thiophene rings is 1.